The highest BCUT2D eigenvalue weighted by molar-refractivity contribution is 6.13. The Balaban J connectivity index is 2.06. The van der Waals surface area contributed by atoms with Crippen molar-refractivity contribution in [2.75, 3.05) is 11.4 Å². The molecule has 0 saturated heterocycles. The number of fused-ring (bicyclic) bond motifs is 1. The second-order valence-electron chi connectivity index (χ2n) is 6.41. The van der Waals surface area contributed by atoms with E-state index in [0.717, 1.165) is 4.90 Å². The highest BCUT2D eigenvalue weighted by Crippen LogP contribution is 2.25. The Morgan fingerprint density at radius 3 is 2.30 bits per heavy atom. The van der Waals surface area contributed by atoms with E-state index in [-0.39, 0.29) is 12.1 Å². The molecule has 0 fully saturated rings. The molecule has 0 saturated carbocycles. The van der Waals surface area contributed by atoms with E-state index < -0.39 is 24.4 Å². The summed E-state index contributed by atoms with van der Waals surface area (Å²) >= 11 is 0. The monoisotopic (exact) mass is 403 g/mol. The van der Waals surface area contributed by atoms with Gasteiger partial charge in [0.05, 0.1) is 0 Å². The predicted molar refractivity (Wildman–Crippen MR) is 110 cm³/mol. The Morgan fingerprint density at radius 2 is 1.67 bits per heavy atom. The van der Waals surface area contributed by atoms with E-state index in [9.17, 15) is 24.8 Å². The molecule has 8 heteroatoms. The lowest BCUT2D eigenvalue weighted by molar-refractivity contribution is -0.138. The lowest BCUT2D eigenvalue weighted by Crippen LogP contribution is -2.36. The third-order valence-electron chi connectivity index (χ3n) is 4.38. The van der Waals surface area contributed by atoms with Gasteiger partial charge < -0.3 is 14.8 Å². The number of benzene rings is 2. The average Bonchev–Trinajstić information content (AvgIpc) is 3.07. The molecule has 2 aromatic carbocycles. The molecule has 0 radical (unpaired) electrons. The minimum Gasteiger partial charge on any atom is -0.480 e. The number of para-hydroxylation sites is 2. The number of anilines is 1. The molecular weight excluding hydrogens is 386 g/mol. The number of nitrogens with zero attached hydrogens (tertiary/aromatic N) is 3. The molecule has 2 N–H and O–H groups in total. The summed E-state index contributed by atoms with van der Waals surface area (Å²) < 4.78 is 1.51. The van der Waals surface area contributed by atoms with Gasteiger partial charge in [-0.3, -0.25) is 19.3 Å². The Hall–Kier alpha value is -4.38. The van der Waals surface area contributed by atoms with Crippen molar-refractivity contribution in [3.05, 3.63) is 71.9 Å². The number of carbonyl (C=O) groups is 3. The molecule has 0 atom stereocenters. The molecule has 0 aliphatic carbocycles. The number of carboxylic acid groups (broad SMARTS) is 2. The van der Waals surface area contributed by atoms with Gasteiger partial charge >= 0.3 is 11.9 Å². The average molecular weight is 403 g/mol. The fourth-order valence-electron chi connectivity index (χ4n) is 3.13. The van der Waals surface area contributed by atoms with Crippen molar-refractivity contribution in [1.29, 1.82) is 5.26 Å². The molecule has 0 aliphatic rings. The van der Waals surface area contributed by atoms with E-state index in [0.29, 0.717) is 22.2 Å². The molecule has 1 aromatic heterocycles. The smallest absolute Gasteiger partial charge is 0.323 e. The lowest BCUT2D eigenvalue weighted by atomic mass is 10.1. The minimum atomic E-state index is -1.22. The first kappa shape index (κ1) is 20.4. The maximum Gasteiger partial charge on any atom is 0.323 e. The van der Waals surface area contributed by atoms with Crippen LogP contribution in [0.2, 0.25) is 0 Å². The molecule has 0 spiro atoms. The van der Waals surface area contributed by atoms with Gasteiger partial charge in [0.2, 0.25) is 0 Å². The van der Waals surface area contributed by atoms with Crippen LogP contribution in [-0.2, 0) is 20.9 Å². The maximum atomic E-state index is 13.0. The number of aromatic nitrogens is 1. The van der Waals surface area contributed by atoms with Crippen LogP contribution in [0.25, 0.3) is 17.0 Å². The van der Waals surface area contributed by atoms with Crippen molar-refractivity contribution in [2.24, 2.45) is 0 Å². The third kappa shape index (κ3) is 4.36. The van der Waals surface area contributed by atoms with E-state index in [2.05, 4.69) is 0 Å². The third-order valence-corrected chi connectivity index (χ3v) is 4.38. The molecule has 1 amide bonds. The Labute approximate surface area is 171 Å². The maximum absolute atomic E-state index is 13.0. The summed E-state index contributed by atoms with van der Waals surface area (Å²) in [6.45, 7) is -0.887. The molecule has 0 aliphatic heterocycles. The summed E-state index contributed by atoms with van der Waals surface area (Å²) in [6.07, 6.45) is 2.90. The first-order chi connectivity index (χ1) is 14.4. The van der Waals surface area contributed by atoms with E-state index in [1.54, 1.807) is 60.8 Å². The Bertz CT molecular complexity index is 1190. The summed E-state index contributed by atoms with van der Waals surface area (Å²) in [6, 6.07) is 17.1. The van der Waals surface area contributed by atoms with E-state index in [1.165, 1.54) is 10.6 Å². The molecule has 8 nitrogen and oxygen atoms in total. The topological polar surface area (TPSA) is 124 Å². The molecule has 0 bridgehead atoms. The normalized spacial score (nSPS) is 11.1. The van der Waals surface area contributed by atoms with Crippen LogP contribution < -0.4 is 4.90 Å². The second kappa shape index (κ2) is 8.75. The highest BCUT2D eigenvalue weighted by Gasteiger charge is 2.23. The largest absolute Gasteiger partial charge is 0.480 e. The predicted octanol–water partition coefficient (Wildman–Crippen LogP) is 2.75. The van der Waals surface area contributed by atoms with Crippen LogP contribution in [0.5, 0.6) is 0 Å². The second-order valence-corrected chi connectivity index (χ2v) is 6.41. The van der Waals surface area contributed by atoms with Crippen molar-refractivity contribution >= 4 is 40.5 Å². The minimum absolute atomic E-state index is 0.265. The summed E-state index contributed by atoms with van der Waals surface area (Å²) in [7, 11) is 0. The Morgan fingerprint density at radius 1 is 1.00 bits per heavy atom. The number of rotatable bonds is 7. The number of hydrogen-bond donors (Lipinski definition) is 2. The van der Waals surface area contributed by atoms with Crippen LogP contribution in [0.15, 0.2) is 66.4 Å². The molecular formula is C22H17N3O5. The fraction of sp³-hybridized carbons (Fsp3) is 0.0909. The van der Waals surface area contributed by atoms with Crippen LogP contribution >= 0.6 is 0 Å². The van der Waals surface area contributed by atoms with E-state index in [4.69, 9.17) is 5.11 Å². The fourth-order valence-corrected chi connectivity index (χ4v) is 3.13. The van der Waals surface area contributed by atoms with Crippen molar-refractivity contribution in [2.45, 2.75) is 6.54 Å². The molecule has 30 heavy (non-hydrogen) atoms. The molecule has 3 rings (SSSR count). The zero-order chi connectivity index (χ0) is 21.7. The Kier molecular flexibility index (Phi) is 5.94. The van der Waals surface area contributed by atoms with Crippen LogP contribution in [-0.4, -0.2) is 39.2 Å². The molecule has 150 valence electrons. The van der Waals surface area contributed by atoms with Crippen molar-refractivity contribution < 1.29 is 24.6 Å². The van der Waals surface area contributed by atoms with Gasteiger partial charge in [-0.1, -0.05) is 36.4 Å². The van der Waals surface area contributed by atoms with Gasteiger partial charge in [-0.25, -0.2) is 0 Å². The van der Waals surface area contributed by atoms with Crippen LogP contribution in [0, 0.1) is 11.3 Å². The van der Waals surface area contributed by atoms with Gasteiger partial charge in [-0.2, -0.15) is 5.26 Å². The van der Waals surface area contributed by atoms with Gasteiger partial charge in [0.15, 0.2) is 0 Å². The van der Waals surface area contributed by atoms with Crippen molar-refractivity contribution in [1.82, 2.24) is 4.57 Å². The first-order valence-electron chi connectivity index (χ1n) is 8.91. The summed E-state index contributed by atoms with van der Waals surface area (Å²) in [5.41, 5.74) is 1.21. The van der Waals surface area contributed by atoms with Crippen LogP contribution in [0.4, 0.5) is 5.69 Å². The molecule has 0 unspecified atom stereocenters. The van der Waals surface area contributed by atoms with E-state index >= 15 is 0 Å². The van der Waals surface area contributed by atoms with Crippen molar-refractivity contribution in [3.63, 3.8) is 0 Å². The van der Waals surface area contributed by atoms with Gasteiger partial charge in [0, 0.05) is 28.4 Å². The van der Waals surface area contributed by atoms with Crippen LogP contribution in [0.3, 0.4) is 0 Å². The van der Waals surface area contributed by atoms with Gasteiger partial charge in [0.1, 0.15) is 24.7 Å². The van der Waals surface area contributed by atoms with E-state index in [1.807, 2.05) is 6.07 Å². The zero-order valence-electron chi connectivity index (χ0n) is 15.7. The molecule has 3 aromatic rings. The van der Waals surface area contributed by atoms with Gasteiger partial charge in [0.25, 0.3) is 5.91 Å². The standard InChI is InChI=1S/C22H17N3O5/c23-11-15(22(30)25(14-21(28)29)17-6-2-1-3-7-17)10-16-12-24(13-20(26)27)19-9-5-4-8-18(16)19/h1-10,12H,13-14H2,(H,26,27)(H,28,29). The quantitative estimate of drug-likeness (QED) is 0.462. The summed E-state index contributed by atoms with van der Waals surface area (Å²) in [5, 5.41) is 28.6. The number of carboxylic acids is 2. The first-order valence-corrected chi connectivity index (χ1v) is 8.91. The number of hydrogen-bond acceptors (Lipinski definition) is 4. The highest BCUT2D eigenvalue weighted by atomic mass is 16.4. The zero-order valence-corrected chi connectivity index (χ0v) is 15.7. The number of carbonyl (C=O) groups excluding carboxylic acids is 1. The van der Waals surface area contributed by atoms with Gasteiger partial charge in [-0.05, 0) is 24.3 Å². The summed E-state index contributed by atoms with van der Waals surface area (Å²) in [4.78, 5) is 36.4. The lowest BCUT2D eigenvalue weighted by Gasteiger charge is -2.20. The van der Waals surface area contributed by atoms with Crippen LogP contribution in [0.1, 0.15) is 5.56 Å². The number of aliphatic carboxylic acids is 2. The van der Waals surface area contributed by atoms with Gasteiger partial charge in [-0.15, -0.1) is 0 Å². The SMILES string of the molecule is N#CC(=Cc1cn(CC(=O)O)c2ccccc12)C(=O)N(CC(=O)O)c1ccccc1. The summed E-state index contributed by atoms with van der Waals surface area (Å²) in [5.74, 6) is -3.01. The molecule has 1 heterocycles. The number of nitriles is 1. The number of amides is 1. The van der Waals surface area contributed by atoms with Crippen molar-refractivity contribution in [3.8, 4) is 6.07 Å².